The molecule has 11 nitrogen and oxygen atoms in total. The van der Waals surface area contributed by atoms with Gasteiger partial charge in [-0.1, -0.05) is 30.3 Å². The van der Waals surface area contributed by atoms with Crippen molar-refractivity contribution in [3.05, 3.63) is 66.7 Å². The zero-order chi connectivity index (χ0) is 26.9. The van der Waals surface area contributed by atoms with Gasteiger partial charge in [0.1, 0.15) is 11.4 Å². The number of hydrogen-bond acceptors (Lipinski definition) is 7. The second-order valence-electron chi connectivity index (χ2n) is 8.84. The Kier molecular flexibility index (Phi) is 7.01. The van der Waals surface area contributed by atoms with Crippen LogP contribution in [0.15, 0.2) is 66.7 Å². The summed E-state index contributed by atoms with van der Waals surface area (Å²) >= 11 is 0. The minimum Gasteiger partial charge on any atom is -0.323 e. The predicted octanol–water partition coefficient (Wildman–Crippen LogP) is 3.67. The number of aromatic nitrogens is 5. The number of aryl methyl sites for hydroxylation is 2. The maximum Gasteiger partial charge on any atom is 0.264 e. The average Bonchev–Trinajstić information content (AvgIpc) is 3.42. The van der Waals surface area contributed by atoms with E-state index in [-0.39, 0.29) is 24.3 Å². The Morgan fingerprint density at radius 1 is 0.579 bits per heavy atom. The van der Waals surface area contributed by atoms with Crippen LogP contribution in [0, 0.1) is 0 Å². The molecule has 0 aliphatic heterocycles. The summed E-state index contributed by atoms with van der Waals surface area (Å²) in [6.07, 6.45) is 0.380. The molecule has 13 heteroatoms. The quantitative estimate of drug-likeness (QED) is 0.245. The largest absolute Gasteiger partial charge is 0.323 e. The number of rotatable bonds is 10. The molecule has 0 amide bonds. The first-order chi connectivity index (χ1) is 18.1. The summed E-state index contributed by atoms with van der Waals surface area (Å²) in [5, 5.41) is 0. The van der Waals surface area contributed by atoms with Crippen molar-refractivity contribution in [2.75, 3.05) is 11.5 Å². The fraction of sp³-hybridized carbons (Fsp3) is 0.240. The summed E-state index contributed by atoms with van der Waals surface area (Å²) in [7, 11) is -8.20. The molecule has 3 aromatic heterocycles. The van der Waals surface area contributed by atoms with Crippen molar-refractivity contribution in [1.29, 1.82) is 0 Å². The van der Waals surface area contributed by atoms with Crippen molar-refractivity contribution < 1.29 is 25.9 Å². The highest BCUT2D eigenvalue weighted by Crippen LogP contribution is 2.28. The van der Waals surface area contributed by atoms with Gasteiger partial charge in [0.2, 0.25) is 0 Å². The number of hydrogen-bond donors (Lipinski definition) is 2. The molecule has 198 valence electrons. The smallest absolute Gasteiger partial charge is 0.264 e. The van der Waals surface area contributed by atoms with Crippen molar-refractivity contribution in [3.63, 3.8) is 0 Å². The third-order valence-corrected chi connectivity index (χ3v) is 7.69. The van der Waals surface area contributed by atoms with Gasteiger partial charge in [-0.25, -0.2) is 15.0 Å². The summed E-state index contributed by atoms with van der Waals surface area (Å²) in [6, 6.07) is 20.4. The van der Waals surface area contributed by atoms with Crippen LogP contribution >= 0.6 is 0 Å². The highest BCUT2D eigenvalue weighted by Gasteiger charge is 2.18. The van der Waals surface area contributed by atoms with Crippen molar-refractivity contribution >= 4 is 42.3 Å². The zero-order valence-electron chi connectivity index (χ0n) is 20.2. The summed E-state index contributed by atoms with van der Waals surface area (Å²) in [6.45, 7) is 0.603. The van der Waals surface area contributed by atoms with Crippen molar-refractivity contribution in [2.45, 2.75) is 25.9 Å². The van der Waals surface area contributed by atoms with E-state index >= 15 is 0 Å². The first kappa shape index (κ1) is 26.0. The number of imidazole rings is 2. The van der Waals surface area contributed by atoms with Crippen LogP contribution in [-0.2, 0) is 33.3 Å². The Balaban J connectivity index is 1.57. The molecule has 5 rings (SSSR count). The number of para-hydroxylation sites is 4. The molecule has 38 heavy (non-hydrogen) atoms. The monoisotopic (exact) mass is 555 g/mol. The van der Waals surface area contributed by atoms with Gasteiger partial charge >= 0.3 is 0 Å². The Morgan fingerprint density at radius 3 is 1.42 bits per heavy atom. The van der Waals surface area contributed by atoms with Gasteiger partial charge in [-0.2, -0.15) is 16.8 Å². The highest BCUT2D eigenvalue weighted by molar-refractivity contribution is 7.86. The summed E-state index contributed by atoms with van der Waals surface area (Å²) < 4.78 is 67.2. The van der Waals surface area contributed by atoms with Crippen LogP contribution in [-0.4, -0.2) is 61.5 Å². The van der Waals surface area contributed by atoms with E-state index in [9.17, 15) is 25.9 Å². The van der Waals surface area contributed by atoms with Gasteiger partial charge in [-0.15, -0.1) is 0 Å². The SMILES string of the molecule is O=S(=O)(O)CCCn1c(-c2cccc(-c3nc4ccccc4n3CCCS(=O)(=O)O)n2)nc2ccccc21. The van der Waals surface area contributed by atoms with E-state index in [0.29, 0.717) is 36.1 Å². The average molecular weight is 556 g/mol. The van der Waals surface area contributed by atoms with Gasteiger partial charge in [-0.3, -0.25) is 9.11 Å². The molecule has 0 atom stereocenters. The Bertz CT molecular complexity index is 1710. The first-order valence-corrected chi connectivity index (χ1v) is 15.1. The van der Waals surface area contributed by atoms with Crippen LogP contribution in [0.2, 0.25) is 0 Å². The number of nitrogens with zero attached hydrogens (tertiary/aromatic N) is 5. The topological polar surface area (TPSA) is 157 Å². The van der Waals surface area contributed by atoms with Crippen LogP contribution in [0.25, 0.3) is 45.1 Å². The molecule has 0 radical (unpaired) electrons. The molecule has 0 aliphatic rings. The van der Waals surface area contributed by atoms with Gasteiger partial charge < -0.3 is 9.13 Å². The third kappa shape index (κ3) is 5.75. The second-order valence-corrected chi connectivity index (χ2v) is 12.0. The van der Waals surface area contributed by atoms with Gasteiger partial charge in [-0.05, 0) is 49.2 Å². The molecule has 2 N–H and O–H groups in total. The maximum atomic E-state index is 11.3. The fourth-order valence-corrected chi connectivity index (χ4v) is 5.48. The van der Waals surface area contributed by atoms with E-state index in [1.54, 1.807) is 12.1 Å². The third-order valence-electron chi connectivity index (χ3n) is 6.08. The lowest BCUT2D eigenvalue weighted by Crippen LogP contribution is -2.10. The molecular formula is C25H25N5O6S2. The van der Waals surface area contributed by atoms with E-state index in [1.165, 1.54) is 0 Å². The van der Waals surface area contributed by atoms with E-state index in [4.69, 9.17) is 15.0 Å². The van der Waals surface area contributed by atoms with Crippen LogP contribution in [0.4, 0.5) is 0 Å². The lowest BCUT2D eigenvalue weighted by atomic mass is 10.2. The van der Waals surface area contributed by atoms with E-state index in [1.807, 2.05) is 63.7 Å². The molecule has 5 aromatic rings. The van der Waals surface area contributed by atoms with Gasteiger partial charge in [0.15, 0.2) is 11.6 Å². The molecule has 3 heterocycles. The van der Waals surface area contributed by atoms with E-state index in [2.05, 4.69) is 0 Å². The molecule has 0 saturated carbocycles. The lowest BCUT2D eigenvalue weighted by Gasteiger charge is -2.11. The van der Waals surface area contributed by atoms with Gasteiger partial charge in [0.25, 0.3) is 20.2 Å². The van der Waals surface area contributed by atoms with Crippen molar-refractivity contribution in [3.8, 4) is 23.0 Å². The molecular weight excluding hydrogens is 530 g/mol. The standard InChI is InChI=1S/C25H25N5O6S2/c31-37(32,33)16-6-14-29-22-12-3-1-8-18(22)27-24(29)20-10-5-11-21(26-20)25-28-19-9-2-4-13-23(19)30(25)15-7-17-38(34,35)36/h1-5,8-13H,6-7,14-17H2,(H,31,32,33)(H,34,35,36). The van der Waals surface area contributed by atoms with Crippen LogP contribution in [0.5, 0.6) is 0 Å². The molecule has 0 unspecified atom stereocenters. The molecule has 0 spiro atoms. The second kappa shape index (κ2) is 10.3. The molecule has 2 aromatic carbocycles. The van der Waals surface area contributed by atoms with Crippen molar-refractivity contribution in [1.82, 2.24) is 24.1 Å². The molecule has 0 bridgehead atoms. The summed E-state index contributed by atoms with van der Waals surface area (Å²) in [5.41, 5.74) is 4.15. The lowest BCUT2D eigenvalue weighted by molar-refractivity contribution is 0.476. The van der Waals surface area contributed by atoms with Gasteiger partial charge in [0, 0.05) is 13.1 Å². The summed E-state index contributed by atoms with van der Waals surface area (Å²) in [5.74, 6) is 0.329. The maximum absolute atomic E-state index is 11.3. The summed E-state index contributed by atoms with van der Waals surface area (Å²) in [4.78, 5) is 14.3. The number of pyridine rings is 1. The highest BCUT2D eigenvalue weighted by atomic mass is 32.2. The van der Waals surface area contributed by atoms with Crippen LogP contribution in [0.1, 0.15) is 12.8 Å². The van der Waals surface area contributed by atoms with Crippen molar-refractivity contribution in [2.24, 2.45) is 0 Å². The van der Waals surface area contributed by atoms with Crippen LogP contribution in [0.3, 0.4) is 0 Å². The van der Waals surface area contributed by atoms with Crippen LogP contribution < -0.4 is 0 Å². The Morgan fingerprint density at radius 2 is 1.00 bits per heavy atom. The van der Waals surface area contributed by atoms with E-state index in [0.717, 1.165) is 22.1 Å². The molecule has 0 fully saturated rings. The fourth-order valence-electron chi connectivity index (χ4n) is 4.49. The number of fused-ring (bicyclic) bond motifs is 2. The van der Waals surface area contributed by atoms with E-state index < -0.39 is 20.2 Å². The Labute approximate surface area is 219 Å². The zero-order valence-corrected chi connectivity index (χ0v) is 21.8. The minimum atomic E-state index is -4.10. The normalized spacial score (nSPS) is 12.5. The minimum absolute atomic E-state index is 0.190. The van der Waals surface area contributed by atoms with Gasteiger partial charge in [0.05, 0.1) is 33.6 Å². The number of benzene rings is 2. The molecule has 0 saturated heterocycles. The predicted molar refractivity (Wildman–Crippen MR) is 144 cm³/mol. The first-order valence-electron chi connectivity index (χ1n) is 11.9. The molecule has 0 aliphatic carbocycles. The Hall–Kier alpha value is -3.65.